The smallest absolute Gasteiger partial charge is 0.246 e. The van der Waals surface area contributed by atoms with Crippen LogP contribution in [0.1, 0.15) is 36.0 Å². The van der Waals surface area contributed by atoms with E-state index in [4.69, 9.17) is 13.9 Å². The van der Waals surface area contributed by atoms with Gasteiger partial charge >= 0.3 is 0 Å². The number of carbonyl (C=O) groups excluding carboxylic acids is 1. The van der Waals surface area contributed by atoms with E-state index in [1.807, 2.05) is 6.07 Å². The van der Waals surface area contributed by atoms with Gasteiger partial charge in [0, 0.05) is 36.8 Å². The van der Waals surface area contributed by atoms with Gasteiger partial charge in [-0.15, -0.1) is 0 Å². The molecule has 2 aliphatic heterocycles. The van der Waals surface area contributed by atoms with E-state index in [1.54, 1.807) is 49.8 Å². The van der Waals surface area contributed by atoms with Crippen molar-refractivity contribution in [2.75, 3.05) is 33.9 Å². The molecule has 7 nitrogen and oxygen atoms in total. The lowest BCUT2D eigenvalue weighted by atomic mass is 9.48. The predicted octanol–water partition coefficient (Wildman–Crippen LogP) is 2.95. The number of furan rings is 1. The van der Waals surface area contributed by atoms with E-state index in [0.29, 0.717) is 50.3 Å². The topological polar surface area (TPSA) is 75.4 Å². The molecule has 1 saturated heterocycles. The quantitative estimate of drug-likeness (QED) is 0.639. The van der Waals surface area contributed by atoms with Crippen molar-refractivity contribution in [1.82, 2.24) is 9.80 Å². The number of amides is 1. The number of likely N-dealkylation sites (N-methyl/N-ethyl adjacent to an activating group) is 1. The molecule has 1 saturated carbocycles. The maximum atomic E-state index is 13.4. The Hall–Kier alpha value is -2.84. The Bertz CT molecular complexity index is 1170. The number of piperidine rings is 1. The normalized spacial score (nSPS) is 32.9. The molecule has 1 spiro atoms. The van der Waals surface area contributed by atoms with Crippen molar-refractivity contribution >= 4 is 12.0 Å². The van der Waals surface area contributed by atoms with E-state index in [0.717, 1.165) is 16.7 Å². The molecule has 2 bridgehead atoms. The maximum Gasteiger partial charge on any atom is 0.246 e. The minimum Gasteiger partial charge on any atom is -0.493 e. The first-order chi connectivity index (χ1) is 16.9. The molecule has 186 valence electrons. The molecule has 8 heteroatoms. The van der Waals surface area contributed by atoms with Gasteiger partial charge in [-0.1, -0.05) is 6.07 Å². The lowest BCUT2D eigenvalue weighted by Crippen LogP contribution is -2.78. The number of carbonyl (C=O) groups is 1. The van der Waals surface area contributed by atoms with Crippen LogP contribution in [0, 0.1) is 0 Å². The molecule has 1 aromatic heterocycles. The number of ether oxygens (including phenoxy) is 2. The number of likely N-dealkylation sites (tertiary alicyclic amines) is 1. The van der Waals surface area contributed by atoms with E-state index >= 15 is 0 Å². The van der Waals surface area contributed by atoms with Crippen molar-refractivity contribution < 1.29 is 28.2 Å². The summed E-state index contributed by atoms with van der Waals surface area (Å²) >= 11 is 0. The Kier molecular flexibility index (Phi) is 5.23. The number of methoxy groups -OCH3 is 1. The number of hydrogen-bond donors (Lipinski definition) is 1. The Balaban J connectivity index is 1.42. The van der Waals surface area contributed by atoms with Gasteiger partial charge in [-0.3, -0.25) is 9.69 Å². The van der Waals surface area contributed by atoms with E-state index in [-0.39, 0.29) is 18.0 Å². The monoisotopic (exact) mass is 482 g/mol. The second-order valence-electron chi connectivity index (χ2n) is 10.2. The minimum atomic E-state index is -1.07. The van der Waals surface area contributed by atoms with Crippen LogP contribution in [0.25, 0.3) is 6.08 Å². The van der Waals surface area contributed by atoms with E-state index in [2.05, 4.69) is 11.0 Å². The Morgan fingerprint density at radius 2 is 2.23 bits per heavy atom. The molecule has 1 aromatic carbocycles. The van der Waals surface area contributed by atoms with Gasteiger partial charge in [0.2, 0.25) is 5.91 Å². The van der Waals surface area contributed by atoms with Crippen molar-refractivity contribution in [3.05, 3.63) is 53.5 Å². The molecule has 0 unspecified atom stereocenters. The zero-order chi connectivity index (χ0) is 24.4. The van der Waals surface area contributed by atoms with Gasteiger partial charge in [-0.25, -0.2) is 4.39 Å². The summed E-state index contributed by atoms with van der Waals surface area (Å²) in [4.78, 5) is 17.0. The van der Waals surface area contributed by atoms with Crippen molar-refractivity contribution in [3.63, 3.8) is 0 Å². The van der Waals surface area contributed by atoms with Crippen LogP contribution in [-0.2, 0) is 16.6 Å². The number of alkyl halides is 1. The first-order valence-electron chi connectivity index (χ1n) is 12.3. The van der Waals surface area contributed by atoms with Crippen LogP contribution >= 0.6 is 0 Å². The van der Waals surface area contributed by atoms with Gasteiger partial charge in [-0.2, -0.15) is 0 Å². The summed E-state index contributed by atoms with van der Waals surface area (Å²) in [5.41, 5.74) is 1.23. The first kappa shape index (κ1) is 22.6. The number of rotatable bonds is 6. The molecule has 0 radical (unpaired) electrons. The summed E-state index contributed by atoms with van der Waals surface area (Å²) < 4.78 is 30.9. The Labute approximate surface area is 204 Å². The summed E-state index contributed by atoms with van der Waals surface area (Å²) in [6, 6.07) is 5.35. The lowest BCUT2D eigenvalue weighted by molar-refractivity contribution is -0.199. The summed E-state index contributed by atoms with van der Waals surface area (Å²) in [7, 11) is 3.42. The number of halogens is 1. The zero-order valence-electron chi connectivity index (χ0n) is 20.1. The summed E-state index contributed by atoms with van der Waals surface area (Å²) in [5, 5.41) is 12.4. The van der Waals surface area contributed by atoms with Gasteiger partial charge in [-0.05, 0) is 56.0 Å². The van der Waals surface area contributed by atoms with Gasteiger partial charge in [0.15, 0.2) is 11.5 Å². The van der Waals surface area contributed by atoms with E-state index < -0.39 is 23.8 Å². The average molecular weight is 483 g/mol. The Morgan fingerprint density at radius 1 is 1.37 bits per heavy atom. The van der Waals surface area contributed by atoms with Crippen LogP contribution in [0.3, 0.4) is 0 Å². The summed E-state index contributed by atoms with van der Waals surface area (Å²) in [6.45, 7) is 0.550. The predicted molar refractivity (Wildman–Crippen MR) is 127 cm³/mol. The second kappa shape index (κ2) is 8.10. The average Bonchev–Trinajstić information content (AvgIpc) is 3.49. The van der Waals surface area contributed by atoms with Crippen LogP contribution in [0.5, 0.6) is 11.5 Å². The fraction of sp³-hybridized carbons (Fsp3) is 0.519. The van der Waals surface area contributed by atoms with E-state index in [9.17, 15) is 14.3 Å². The van der Waals surface area contributed by atoms with Gasteiger partial charge in [0.25, 0.3) is 0 Å². The molecule has 35 heavy (non-hydrogen) atoms. The second-order valence-corrected chi connectivity index (χ2v) is 10.2. The van der Waals surface area contributed by atoms with Crippen molar-refractivity contribution in [2.24, 2.45) is 0 Å². The van der Waals surface area contributed by atoms with Gasteiger partial charge in [0.05, 0.1) is 36.7 Å². The van der Waals surface area contributed by atoms with Crippen LogP contribution in [0.4, 0.5) is 4.39 Å². The van der Waals surface area contributed by atoms with Crippen molar-refractivity contribution in [2.45, 2.75) is 54.9 Å². The maximum absolute atomic E-state index is 13.4. The fourth-order valence-corrected chi connectivity index (χ4v) is 7.35. The molecule has 1 amide bonds. The summed E-state index contributed by atoms with van der Waals surface area (Å²) in [5.74, 6) is 1.20. The van der Waals surface area contributed by atoms with Crippen LogP contribution in [0.2, 0.25) is 0 Å². The highest BCUT2D eigenvalue weighted by molar-refractivity contribution is 5.92. The molecule has 1 N–H and O–H groups in total. The molecule has 2 aromatic rings. The minimum absolute atomic E-state index is 0.132. The van der Waals surface area contributed by atoms with Gasteiger partial charge < -0.3 is 23.9 Å². The molecule has 5 atom stereocenters. The van der Waals surface area contributed by atoms with E-state index in [1.165, 1.54) is 0 Å². The zero-order valence-corrected chi connectivity index (χ0v) is 20.1. The van der Waals surface area contributed by atoms with Crippen LogP contribution in [-0.4, -0.2) is 78.5 Å². The highest BCUT2D eigenvalue weighted by Gasteiger charge is 2.73. The third-order valence-electron chi connectivity index (χ3n) is 8.92. The highest BCUT2D eigenvalue weighted by Crippen LogP contribution is 2.65. The first-order valence-corrected chi connectivity index (χ1v) is 12.3. The standard InChI is InChI=1S/C27H31FN2O5/c1-29(22(31)6-3-17-8-14-34-16-17)19-7-9-27(32)21-15-18-4-5-20(33-2)24-23(18)26(27,25(19)35-24)10-12-30(21)13-11-28/h3-6,8,14,16,19,21,25,32H,7,9-13,15H2,1-2H3/b6-3+/t19-,21-,25+,26+,27-/m1/s1. The summed E-state index contributed by atoms with van der Waals surface area (Å²) in [6.07, 6.45) is 8.41. The fourth-order valence-electron chi connectivity index (χ4n) is 7.35. The molecule has 3 heterocycles. The van der Waals surface area contributed by atoms with Crippen molar-refractivity contribution in [3.8, 4) is 11.5 Å². The number of hydrogen-bond acceptors (Lipinski definition) is 6. The van der Waals surface area contributed by atoms with Crippen LogP contribution in [0.15, 0.2) is 41.2 Å². The van der Waals surface area contributed by atoms with Crippen molar-refractivity contribution in [1.29, 1.82) is 0 Å². The molecule has 2 fully saturated rings. The molecule has 2 aliphatic carbocycles. The molecule has 6 rings (SSSR count). The number of aliphatic hydroxyl groups is 1. The van der Waals surface area contributed by atoms with Gasteiger partial charge in [0.1, 0.15) is 12.8 Å². The van der Waals surface area contributed by atoms with Crippen LogP contribution < -0.4 is 9.47 Å². The number of benzene rings is 1. The third-order valence-corrected chi connectivity index (χ3v) is 8.92. The SMILES string of the molecule is COc1ccc2c3c1O[C@H]1[C@H](N(C)C(=O)/C=C/c4ccoc4)CC[C@@]4(O)[C@@H](C2)N(CCF)CC[C@]314. The highest BCUT2D eigenvalue weighted by atomic mass is 19.1. The number of nitrogens with zero attached hydrogens (tertiary/aromatic N) is 2. The molecule has 4 aliphatic rings. The molecular formula is C27H31FN2O5. The lowest BCUT2D eigenvalue weighted by Gasteiger charge is -2.64. The Morgan fingerprint density at radius 3 is 2.97 bits per heavy atom. The third kappa shape index (κ3) is 2.99. The molecular weight excluding hydrogens is 451 g/mol. The largest absolute Gasteiger partial charge is 0.493 e.